The van der Waals surface area contributed by atoms with E-state index in [0.717, 1.165) is 33.7 Å². The van der Waals surface area contributed by atoms with Gasteiger partial charge < -0.3 is 4.90 Å². The van der Waals surface area contributed by atoms with Gasteiger partial charge in [-0.1, -0.05) is 53.8 Å². The van der Waals surface area contributed by atoms with Crippen LogP contribution in [0.25, 0.3) is 21.0 Å². The standard InChI is InChI=1S/C23H21F2N3OS/c1-27(2)10-11-28(23-26-22-19(25)13-17(24)14-20(22)30-23)21(29)12-16-8-5-7-15-6-3-4-9-18(15)16/h3-9,13-14H,10-12H2,1-2H3. The van der Waals surface area contributed by atoms with Gasteiger partial charge in [-0.15, -0.1) is 0 Å². The van der Waals surface area contributed by atoms with Crippen LogP contribution in [0, 0.1) is 11.6 Å². The van der Waals surface area contributed by atoms with Gasteiger partial charge in [-0.25, -0.2) is 13.8 Å². The average Bonchev–Trinajstić information content (AvgIpc) is 3.12. The summed E-state index contributed by atoms with van der Waals surface area (Å²) in [6.45, 7) is 1.02. The van der Waals surface area contributed by atoms with Crippen molar-refractivity contribution in [3.8, 4) is 0 Å². The Labute approximate surface area is 177 Å². The number of thiazole rings is 1. The Morgan fingerprint density at radius 2 is 1.80 bits per heavy atom. The van der Waals surface area contributed by atoms with E-state index < -0.39 is 11.6 Å². The number of benzene rings is 3. The summed E-state index contributed by atoms with van der Waals surface area (Å²) >= 11 is 1.12. The number of carbonyl (C=O) groups excluding carboxylic acids is 1. The summed E-state index contributed by atoms with van der Waals surface area (Å²) in [7, 11) is 3.83. The average molecular weight is 426 g/mol. The van der Waals surface area contributed by atoms with Crippen LogP contribution in [-0.4, -0.2) is 43.0 Å². The number of carbonyl (C=O) groups is 1. The fraction of sp³-hybridized carbons (Fsp3) is 0.217. The zero-order valence-electron chi connectivity index (χ0n) is 16.7. The van der Waals surface area contributed by atoms with Crippen molar-refractivity contribution in [1.82, 2.24) is 9.88 Å². The van der Waals surface area contributed by atoms with Crippen molar-refractivity contribution in [2.75, 3.05) is 32.1 Å². The molecule has 154 valence electrons. The number of amides is 1. The summed E-state index contributed by atoms with van der Waals surface area (Å²) in [6, 6.07) is 15.9. The van der Waals surface area contributed by atoms with Gasteiger partial charge in [-0.3, -0.25) is 9.69 Å². The van der Waals surface area contributed by atoms with Crippen LogP contribution in [0.4, 0.5) is 13.9 Å². The van der Waals surface area contributed by atoms with Crippen LogP contribution in [-0.2, 0) is 11.2 Å². The Morgan fingerprint density at radius 3 is 2.60 bits per heavy atom. The Bertz CT molecular complexity index is 1220. The van der Waals surface area contributed by atoms with Crippen molar-refractivity contribution >= 4 is 43.4 Å². The first-order chi connectivity index (χ1) is 14.4. The van der Waals surface area contributed by atoms with E-state index in [1.165, 1.54) is 6.07 Å². The first-order valence-corrected chi connectivity index (χ1v) is 10.4. The van der Waals surface area contributed by atoms with E-state index in [0.29, 0.717) is 22.9 Å². The summed E-state index contributed by atoms with van der Waals surface area (Å²) in [5, 5.41) is 2.47. The molecule has 0 radical (unpaired) electrons. The number of nitrogens with zero attached hydrogens (tertiary/aromatic N) is 3. The van der Waals surface area contributed by atoms with Gasteiger partial charge in [0.2, 0.25) is 5.91 Å². The zero-order chi connectivity index (χ0) is 21.3. The van der Waals surface area contributed by atoms with E-state index in [1.807, 2.05) is 61.5 Å². The van der Waals surface area contributed by atoms with Gasteiger partial charge in [0.05, 0.1) is 11.1 Å². The van der Waals surface area contributed by atoms with E-state index in [1.54, 1.807) is 4.90 Å². The molecule has 0 aliphatic rings. The van der Waals surface area contributed by atoms with Crippen LogP contribution in [0.2, 0.25) is 0 Å². The van der Waals surface area contributed by atoms with Crippen LogP contribution in [0.3, 0.4) is 0 Å². The molecule has 1 heterocycles. The SMILES string of the molecule is CN(C)CCN(C(=O)Cc1cccc2ccccc12)c1nc2c(F)cc(F)cc2s1. The summed E-state index contributed by atoms with van der Waals surface area (Å²) in [4.78, 5) is 21.2. The predicted molar refractivity (Wildman–Crippen MR) is 118 cm³/mol. The molecule has 0 saturated heterocycles. The lowest BCUT2D eigenvalue weighted by Crippen LogP contribution is -2.37. The first-order valence-electron chi connectivity index (χ1n) is 9.59. The Balaban J connectivity index is 1.69. The van der Waals surface area contributed by atoms with E-state index in [2.05, 4.69) is 4.98 Å². The minimum Gasteiger partial charge on any atom is -0.308 e. The van der Waals surface area contributed by atoms with Crippen LogP contribution in [0.1, 0.15) is 5.56 Å². The van der Waals surface area contributed by atoms with E-state index >= 15 is 0 Å². The van der Waals surface area contributed by atoms with Crippen LogP contribution >= 0.6 is 11.3 Å². The normalized spacial score (nSPS) is 11.5. The van der Waals surface area contributed by atoms with Crippen molar-refractivity contribution in [3.63, 3.8) is 0 Å². The highest BCUT2D eigenvalue weighted by Gasteiger charge is 2.22. The number of hydrogen-bond donors (Lipinski definition) is 0. The lowest BCUT2D eigenvalue weighted by Gasteiger charge is -2.22. The number of hydrogen-bond acceptors (Lipinski definition) is 4. The monoisotopic (exact) mass is 425 g/mol. The molecule has 4 nitrogen and oxygen atoms in total. The minimum absolute atomic E-state index is 0.0872. The third-order valence-corrected chi connectivity index (χ3v) is 5.95. The van der Waals surface area contributed by atoms with E-state index in [-0.39, 0.29) is 17.8 Å². The molecule has 0 fully saturated rings. The molecule has 1 amide bonds. The second-order valence-electron chi connectivity index (χ2n) is 7.39. The summed E-state index contributed by atoms with van der Waals surface area (Å²) in [5.41, 5.74) is 1.01. The number of aromatic nitrogens is 1. The molecule has 3 aromatic carbocycles. The third kappa shape index (κ3) is 4.17. The van der Waals surface area contributed by atoms with Crippen LogP contribution in [0.15, 0.2) is 54.6 Å². The quantitative estimate of drug-likeness (QED) is 0.442. The Kier molecular flexibility index (Phi) is 5.74. The smallest absolute Gasteiger partial charge is 0.233 e. The van der Waals surface area contributed by atoms with Gasteiger partial charge in [0.25, 0.3) is 0 Å². The van der Waals surface area contributed by atoms with Crippen molar-refractivity contribution < 1.29 is 13.6 Å². The minimum atomic E-state index is -0.721. The molecule has 0 saturated carbocycles. The van der Waals surface area contributed by atoms with Gasteiger partial charge in [-0.05, 0) is 36.5 Å². The fourth-order valence-corrected chi connectivity index (χ4v) is 4.44. The summed E-state index contributed by atoms with van der Waals surface area (Å²) < 4.78 is 28.1. The molecule has 1 aromatic heterocycles. The molecule has 0 aliphatic carbocycles. The largest absolute Gasteiger partial charge is 0.308 e. The lowest BCUT2D eigenvalue weighted by molar-refractivity contribution is -0.118. The predicted octanol–water partition coefficient (Wildman–Crippen LogP) is 4.87. The van der Waals surface area contributed by atoms with Crippen molar-refractivity contribution in [2.24, 2.45) is 0 Å². The molecule has 0 N–H and O–H groups in total. The Hall–Kier alpha value is -2.90. The summed E-state index contributed by atoms with van der Waals surface area (Å²) in [6.07, 6.45) is 0.196. The first kappa shape index (κ1) is 20.4. The molecule has 0 unspecified atom stereocenters. The maximum atomic E-state index is 14.2. The number of fused-ring (bicyclic) bond motifs is 2. The van der Waals surface area contributed by atoms with E-state index in [4.69, 9.17) is 0 Å². The molecule has 0 atom stereocenters. The highest BCUT2D eigenvalue weighted by molar-refractivity contribution is 7.22. The zero-order valence-corrected chi connectivity index (χ0v) is 17.5. The summed E-state index contributed by atoms with van der Waals surface area (Å²) in [5.74, 6) is -1.51. The molecule has 0 bridgehead atoms. The fourth-order valence-electron chi connectivity index (χ4n) is 3.39. The highest BCUT2D eigenvalue weighted by Crippen LogP contribution is 2.32. The van der Waals surface area contributed by atoms with Crippen molar-refractivity contribution in [1.29, 1.82) is 0 Å². The van der Waals surface area contributed by atoms with Gasteiger partial charge in [0, 0.05) is 19.2 Å². The molecule has 7 heteroatoms. The Morgan fingerprint density at radius 1 is 1.03 bits per heavy atom. The molecule has 4 aromatic rings. The van der Waals surface area contributed by atoms with Crippen molar-refractivity contribution in [2.45, 2.75) is 6.42 Å². The second kappa shape index (κ2) is 8.45. The van der Waals surface area contributed by atoms with Gasteiger partial charge in [-0.2, -0.15) is 0 Å². The maximum Gasteiger partial charge on any atom is 0.233 e. The van der Waals surface area contributed by atoms with Gasteiger partial charge in [0.1, 0.15) is 11.3 Å². The molecule has 0 spiro atoms. The number of halogens is 2. The van der Waals surface area contributed by atoms with Gasteiger partial charge in [0.15, 0.2) is 10.9 Å². The molecular formula is C23H21F2N3OS. The molecule has 30 heavy (non-hydrogen) atoms. The third-order valence-electron chi connectivity index (χ3n) is 4.93. The van der Waals surface area contributed by atoms with Gasteiger partial charge >= 0.3 is 0 Å². The lowest BCUT2D eigenvalue weighted by atomic mass is 10.0. The molecular weight excluding hydrogens is 404 g/mol. The number of rotatable bonds is 6. The number of likely N-dealkylation sites (N-methyl/N-ethyl adjacent to an activating group) is 1. The number of anilines is 1. The molecule has 4 rings (SSSR count). The van der Waals surface area contributed by atoms with Crippen LogP contribution < -0.4 is 4.90 Å². The van der Waals surface area contributed by atoms with Crippen molar-refractivity contribution in [3.05, 3.63) is 71.8 Å². The second-order valence-corrected chi connectivity index (χ2v) is 8.40. The molecule has 0 aliphatic heterocycles. The topological polar surface area (TPSA) is 36.4 Å². The maximum absolute atomic E-state index is 14.2. The van der Waals surface area contributed by atoms with Crippen LogP contribution in [0.5, 0.6) is 0 Å². The van der Waals surface area contributed by atoms with E-state index in [9.17, 15) is 13.6 Å². The highest BCUT2D eigenvalue weighted by atomic mass is 32.1.